The third-order valence-corrected chi connectivity index (χ3v) is 5.60. The third-order valence-electron chi connectivity index (χ3n) is 5.60. The van der Waals surface area contributed by atoms with E-state index in [1.165, 1.54) is 6.92 Å². The molecule has 4 aromatic rings. The van der Waals surface area contributed by atoms with Gasteiger partial charge in [-0.3, -0.25) is 9.48 Å². The molecule has 0 saturated carbocycles. The molecule has 0 unspecified atom stereocenters. The van der Waals surface area contributed by atoms with Crippen molar-refractivity contribution in [2.24, 2.45) is 0 Å². The number of hydrogen-bond acceptors (Lipinski definition) is 4. The first-order valence-electron chi connectivity index (χ1n) is 11.1. The molecule has 0 bridgehead atoms. The zero-order chi connectivity index (χ0) is 24.1. The Balaban J connectivity index is 1.51. The molecule has 0 aliphatic heterocycles. The Morgan fingerprint density at radius 3 is 2.44 bits per heavy atom. The summed E-state index contributed by atoms with van der Waals surface area (Å²) < 4.78 is 7.07. The minimum absolute atomic E-state index is 0.0881. The van der Waals surface area contributed by atoms with Crippen LogP contribution < -0.4 is 0 Å². The second-order valence-electron chi connectivity index (χ2n) is 8.18. The lowest BCUT2D eigenvalue weighted by Gasteiger charge is -2.06. The highest BCUT2D eigenvalue weighted by Gasteiger charge is 2.18. The molecule has 1 heterocycles. The van der Waals surface area contributed by atoms with Crippen molar-refractivity contribution in [1.82, 2.24) is 9.78 Å². The fraction of sp³-hybridized carbons (Fsp3) is 0.179. The summed E-state index contributed by atoms with van der Waals surface area (Å²) in [5.41, 5.74) is 5.12. The number of aliphatic carboxylic acids is 1. The summed E-state index contributed by atoms with van der Waals surface area (Å²) in [6, 6.07) is 23.3. The van der Waals surface area contributed by atoms with Gasteiger partial charge >= 0.3 is 5.97 Å². The molecule has 0 spiro atoms. The first-order chi connectivity index (χ1) is 16.4. The predicted molar refractivity (Wildman–Crippen MR) is 132 cm³/mol. The number of carbonyl (C=O) groups excluding carboxylic acids is 1. The van der Waals surface area contributed by atoms with Crippen molar-refractivity contribution >= 4 is 28.7 Å². The van der Waals surface area contributed by atoms with Crippen molar-refractivity contribution in [3.8, 4) is 0 Å². The molecule has 0 radical (unpaired) electrons. The van der Waals surface area contributed by atoms with Gasteiger partial charge in [0.15, 0.2) is 6.10 Å². The second kappa shape index (κ2) is 10.3. The van der Waals surface area contributed by atoms with Crippen LogP contribution in [0.3, 0.4) is 0 Å². The molecular weight excluding hydrogens is 428 g/mol. The van der Waals surface area contributed by atoms with E-state index < -0.39 is 12.1 Å². The average Bonchev–Trinajstić information content (AvgIpc) is 3.21. The van der Waals surface area contributed by atoms with Crippen LogP contribution in [0, 0.1) is 6.92 Å². The van der Waals surface area contributed by atoms with Crippen LogP contribution in [0.25, 0.3) is 17.0 Å². The van der Waals surface area contributed by atoms with E-state index in [4.69, 9.17) is 9.84 Å². The number of nitrogens with zero attached hydrogens (tertiary/aromatic N) is 2. The van der Waals surface area contributed by atoms with Gasteiger partial charge < -0.3 is 9.84 Å². The molecule has 172 valence electrons. The maximum Gasteiger partial charge on any atom is 0.332 e. The van der Waals surface area contributed by atoms with E-state index in [9.17, 15) is 9.59 Å². The molecule has 0 amide bonds. The van der Waals surface area contributed by atoms with Crippen LogP contribution in [0.15, 0.2) is 78.9 Å². The van der Waals surface area contributed by atoms with Gasteiger partial charge in [0.05, 0.1) is 18.7 Å². The summed E-state index contributed by atoms with van der Waals surface area (Å²) in [5.74, 6) is -1.07. The van der Waals surface area contributed by atoms with Crippen molar-refractivity contribution in [2.45, 2.75) is 26.5 Å². The van der Waals surface area contributed by atoms with Crippen molar-refractivity contribution < 1.29 is 19.4 Å². The zero-order valence-electron chi connectivity index (χ0n) is 19.1. The number of ether oxygens (including phenoxy) is 1. The number of aromatic nitrogens is 2. The molecule has 1 aromatic heterocycles. The number of benzene rings is 3. The second-order valence-corrected chi connectivity index (χ2v) is 8.18. The van der Waals surface area contributed by atoms with Gasteiger partial charge in [-0.05, 0) is 31.0 Å². The van der Waals surface area contributed by atoms with Gasteiger partial charge in [0.1, 0.15) is 5.69 Å². The number of hydrogen-bond donors (Lipinski definition) is 1. The summed E-state index contributed by atoms with van der Waals surface area (Å²) in [4.78, 5) is 23.9. The number of ketones is 1. The van der Waals surface area contributed by atoms with Crippen molar-refractivity contribution in [2.75, 3.05) is 6.61 Å². The van der Waals surface area contributed by atoms with Crippen molar-refractivity contribution in [3.63, 3.8) is 0 Å². The lowest BCUT2D eigenvalue weighted by Crippen LogP contribution is -2.19. The van der Waals surface area contributed by atoms with E-state index in [-0.39, 0.29) is 12.4 Å². The standard InChI is InChI=1S/C28H26N2O4/c1-19-9-15-23(16-10-19)27(31)26-24-7-3-4-8-25(24)30(29-26)18-22-13-11-21(12-14-22)6-5-17-34-20(2)28(32)33/h3-16,20H,17-18H2,1-2H3,(H,32,33)/t20-/m1/s1. The maximum atomic E-state index is 13.2. The molecule has 0 fully saturated rings. The van der Waals surface area contributed by atoms with Crippen LogP contribution >= 0.6 is 0 Å². The highest BCUT2D eigenvalue weighted by molar-refractivity contribution is 6.14. The number of carboxylic acids is 1. The van der Waals surface area contributed by atoms with Crippen LogP contribution in [0.4, 0.5) is 0 Å². The normalized spacial score (nSPS) is 12.3. The Bertz CT molecular complexity index is 1340. The Kier molecular flexibility index (Phi) is 6.99. The maximum absolute atomic E-state index is 13.2. The third kappa shape index (κ3) is 5.30. The van der Waals surface area contributed by atoms with E-state index in [0.717, 1.165) is 27.6 Å². The van der Waals surface area contributed by atoms with E-state index in [1.807, 2.05) is 90.5 Å². The summed E-state index contributed by atoms with van der Waals surface area (Å²) in [6.07, 6.45) is 2.84. The Morgan fingerprint density at radius 2 is 1.74 bits per heavy atom. The lowest BCUT2D eigenvalue weighted by molar-refractivity contribution is -0.148. The number of para-hydroxylation sites is 1. The Morgan fingerprint density at radius 1 is 1.03 bits per heavy atom. The van der Waals surface area contributed by atoms with E-state index in [0.29, 0.717) is 17.8 Å². The number of carboxylic acid groups (broad SMARTS) is 1. The van der Waals surface area contributed by atoms with Crippen LogP contribution in [-0.4, -0.2) is 39.4 Å². The minimum atomic E-state index is -0.979. The van der Waals surface area contributed by atoms with Gasteiger partial charge in [0.25, 0.3) is 0 Å². The molecule has 4 rings (SSSR count). The monoisotopic (exact) mass is 454 g/mol. The number of fused-ring (bicyclic) bond motifs is 1. The smallest absolute Gasteiger partial charge is 0.332 e. The molecule has 34 heavy (non-hydrogen) atoms. The zero-order valence-corrected chi connectivity index (χ0v) is 19.1. The van der Waals surface area contributed by atoms with Gasteiger partial charge in [-0.1, -0.05) is 84.4 Å². The van der Waals surface area contributed by atoms with Crippen LogP contribution in [0.1, 0.15) is 39.7 Å². The van der Waals surface area contributed by atoms with Gasteiger partial charge in [0, 0.05) is 10.9 Å². The lowest BCUT2D eigenvalue weighted by atomic mass is 10.0. The van der Waals surface area contributed by atoms with Crippen LogP contribution in [0.5, 0.6) is 0 Å². The number of carbonyl (C=O) groups is 2. The molecule has 0 aliphatic rings. The fourth-order valence-electron chi connectivity index (χ4n) is 3.62. The predicted octanol–water partition coefficient (Wildman–Crippen LogP) is 5.13. The van der Waals surface area contributed by atoms with E-state index >= 15 is 0 Å². The molecule has 0 saturated heterocycles. The van der Waals surface area contributed by atoms with Gasteiger partial charge in [0.2, 0.25) is 5.78 Å². The minimum Gasteiger partial charge on any atom is -0.479 e. The Labute approximate surface area is 198 Å². The number of rotatable bonds is 9. The van der Waals surface area contributed by atoms with Crippen molar-refractivity contribution in [3.05, 3.63) is 107 Å². The van der Waals surface area contributed by atoms with E-state index in [2.05, 4.69) is 5.10 Å². The summed E-state index contributed by atoms with van der Waals surface area (Å²) in [6.45, 7) is 4.26. The SMILES string of the molecule is Cc1ccc(C(=O)c2nn(Cc3ccc(C=CCO[C@H](C)C(=O)O)cc3)c3ccccc23)cc1. The van der Waals surface area contributed by atoms with Gasteiger partial charge in [-0.2, -0.15) is 5.10 Å². The highest BCUT2D eigenvalue weighted by Crippen LogP contribution is 2.22. The molecular formula is C28H26N2O4. The topological polar surface area (TPSA) is 81.4 Å². The molecule has 6 nitrogen and oxygen atoms in total. The Hall–Kier alpha value is -4.03. The number of aryl methyl sites for hydroxylation is 1. The van der Waals surface area contributed by atoms with Crippen LogP contribution in [0.2, 0.25) is 0 Å². The molecule has 1 atom stereocenters. The van der Waals surface area contributed by atoms with Gasteiger partial charge in [-0.25, -0.2) is 4.79 Å². The molecule has 1 N–H and O–H groups in total. The first kappa shape index (κ1) is 23.1. The fourth-order valence-corrected chi connectivity index (χ4v) is 3.62. The molecule has 0 aliphatic carbocycles. The first-order valence-corrected chi connectivity index (χ1v) is 11.1. The molecule has 3 aromatic carbocycles. The highest BCUT2D eigenvalue weighted by atomic mass is 16.5. The summed E-state index contributed by atoms with van der Waals surface area (Å²) >= 11 is 0. The largest absolute Gasteiger partial charge is 0.479 e. The molecule has 6 heteroatoms. The van der Waals surface area contributed by atoms with Crippen molar-refractivity contribution in [1.29, 1.82) is 0 Å². The average molecular weight is 455 g/mol. The summed E-state index contributed by atoms with van der Waals surface area (Å²) in [5, 5.41) is 14.4. The quantitative estimate of drug-likeness (QED) is 0.355. The summed E-state index contributed by atoms with van der Waals surface area (Å²) in [7, 11) is 0. The van der Waals surface area contributed by atoms with E-state index in [1.54, 1.807) is 6.08 Å². The van der Waals surface area contributed by atoms with Gasteiger partial charge in [-0.15, -0.1) is 0 Å². The van der Waals surface area contributed by atoms with Crippen LogP contribution in [-0.2, 0) is 16.1 Å².